The first-order valence-electron chi connectivity index (χ1n) is 5.43. The molecule has 0 atom stereocenters. The van der Waals surface area contributed by atoms with Crippen LogP contribution >= 0.6 is 47.8 Å². The first kappa shape index (κ1) is 17.6. The molecule has 0 saturated carbocycles. The molecule has 8 heteroatoms. The minimum absolute atomic E-state index is 0.249. The van der Waals surface area contributed by atoms with Crippen LogP contribution in [-0.2, 0) is 14.8 Å². The summed E-state index contributed by atoms with van der Waals surface area (Å²) < 4.78 is 32.8. The predicted octanol–water partition coefficient (Wildman–Crippen LogP) is 3.24. The summed E-state index contributed by atoms with van der Waals surface area (Å²) in [7, 11) is -1.99. The molecule has 0 spiro atoms. The van der Waals surface area contributed by atoms with Gasteiger partial charge >= 0.3 is 0 Å². The van der Waals surface area contributed by atoms with E-state index in [2.05, 4.69) is 47.8 Å². The zero-order valence-electron chi connectivity index (χ0n) is 10.3. The highest BCUT2D eigenvalue weighted by molar-refractivity contribution is 9.11. The predicted molar refractivity (Wildman–Crippen MR) is 86.3 cm³/mol. The van der Waals surface area contributed by atoms with E-state index in [0.717, 1.165) is 4.47 Å². The molecule has 0 saturated heterocycles. The maximum Gasteiger partial charge on any atom is 0.244 e. The zero-order valence-corrected chi connectivity index (χ0v) is 15.8. The zero-order chi connectivity index (χ0) is 14.5. The Hall–Kier alpha value is 0.530. The number of hydrogen-bond acceptors (Lipinski definition) is 3. The van der Waals surface area contributed by atoms with Crippen LogP contribution in [0.3, 0.4) is 0 Å². The van der Waals surface area contributed by atoms with Crippen LogP contribution in [0.4, 0.5) is 0 Å². The van der Waals surface area contributed by atoms with Crippen molar-refractivity contribution in [1.82, 2.24) is 4.31 Å². The van der Waals surface area contributed by atoms with Gasteiger partial charge in [-0.15, -0.1) is 0 Å². The second kappa shape index (κ2) is 8.09. The van der Waals surface area contributed by atoms with E-state index in [9.17, 15) is 8.42 Å². The van der Waals surface area contributed by atoms with Gasteiger partial charge in [-0.1, -0.05) is 31.9 Å². The number of methoxy groups -OCH3 is 1. The van der Waals surface area contributed by atoms with Crippen molar-refractivity contribution in [3.05, 3.63) is 27.1 Å². The fourth-order valence-corrected chi connectivity index (χ4v) is 5.00. The lowest BCUT2D eigenvalue weighted by atomic mass is 10.4. The van der Waals surface area contributed by atoms with Crippen LogP contribution in [0.15, 0.2) is 32.0 Å². The number of rotatable bonds is 7. The van der Waals surface area contributed by atoms with Gasteiger partial charge in [0.25, 0.3) is 0 Å². The van der Waals surface area contributed by atoms with Crippen molar-refractivity contribution < 1.29 is 13.2 Å². The van der Waals surface area contributed by atoms with Crippen LogP contribution in [-0.4, -0.2) is 44.9 Å². The van der Waals surface area contributed by atoms with Crippen LogP contribution in [0.2, 0.25) is 0 Å². The number of alkyl halides is 1. The Balaban J connectivity index is 3.14. The average molecular weight is 480 g/mol. The molecule has 0 unspecified atom stereocenters. The van der Waals surface area contributed by atoms with Crippen LogP contribution in [0.1, 0.15) is 0 Å². The second-order valence-electron chi connectivity index (χ2n) is 3.66. The first-order valence-corrected chi connectivity index (χ1v) is 9.58. The Morgan fingerprint density at radius 1 is 1.26 bits per heavy atom. The van der Waals surface area contributed by atoms with Crippen molar-refractivity contribution in [3.8, 4) is 0 Å². The molecule has 0 aliphatic heterocycles. The Morgan fingerprint density at radius 2 is 1.95 bits per heavy atom. The molecular weight excluding hydrogens is 466 g/mol. The van der Waals surface area contributed by atoms with Gasteiger partial charge in [-0.3, -0.25) is 0 Å². The quantitative estimate of drug-likeness (QED) is 0.564. The van der Waals surface area contributed by atoms with E-state index >= 15 is 0 Å². The molecule has 0 fully saturated rings. The number of ether oxygens (including phenoxy) is 1. The van der Waals surface area contributed by atoms with Crippen LogP contribution in [0.25, 0.3) is 0 Å². The van der Waals surface area contributed by atoms with Gasteiger partial charge in [0.15, 0.2) is 0 Å². The fourth-order valence-electron chi connectivity index (χ4n) is 1.45. The van der Waals surface area contributed by atoms with Gasteiger partial charge in [0.2, 0.25) is 10.0 Å². The summed E-state index contributed by atoms with van der Waals surface area (Å²) in [6, 6.07) is 5.08. The standard InChI is InChI=1S/C11H14Br3NO3S/c1-18-7-6-15(5-4-12)19(16,17)11-8-9(13)2-3-10(11)14/h2-3,8H,4-7H2,1H3. The van der Waals surface area contributed by atoms with E-state index in [1.165, 1.54) is 4.31 Å². The molecule has 0 aliphatic carbocycles. The van der Waals surface area contributed by atoms with Gasteiger partial charge < -0.3 is 4.74 Å². The van der Waals surface area contributed by atoms with Crippen molar-refractivity contribution in [2.24, 2.45) is 0 Å². The molecule has 108 valence electrons. The van der Waals surface area contributed by atoms with Crippen molar-refractivity contribution in [3.63, 3.8) is 0 Å². The fraction of sp³-hybridized carbons (Fsp3) is 0.455. The molecule has 0 radical (unpaired) electrons. The minimum Gasteiger partial charge on any atom is -0.383 e. The van der Waals surface area contributed by atoms with E-state index in [4.69, 9.17) is 4.74 Å². The molecule has 1 rings (SSSR count). The molecule has 0 N–H and O–H groups in total. The van der Waals surface area contributed by atoms with E-state index in [-0.39, 0.29) is 4.90 Å². The van der Waals surface area contributed by atoms with E-state index in [1.54, 1.807) is 25.3 Å². The Labute approximate surface area is 138 Å². The summed E-state index contributed by atoms with van der Waals surface area (Å²) in [6.45, 7) is 1.08. The number of sulfonamides is 1. The van der Waals surface area contributed by atoms with Gasteiger partial charge in [-0.2, -0.15) is 4.31 Å². The molecule has 0 heterocycles. The molecule has 1 aromatic rings. The third kappa shape index (κ3) is 4.78. The van der Waals surface area contributed by atoms with E-state index < -0.39 is 10.0 Å². The highest BCUT2D eigenvalue weighted by Gasteiger charge is 2.26. The van der Waals surface area contributed by atoms with Gasteiger partial charge in [0.05, 0.1) is 11.5 Å². The van der Waals surface area contributed by atoms with Crippen molar-refractivity contribution in [2.75, 3.05) is 32.1 Å². The van der Waals surface area contributed by atoms with Crippen molar-refractivity contribution in [1.29, 1.82) is 0 Å². The highest BCUT2D eigenvalue weighted by atomic mass is 79.9. The lowest BCUT2D eigenvalue weighted by molar-refractivity contribution is 0.180. The summed E-state index contributed by atoms with van der Waals surface area (Å²) in [5, 5.41) is 0.571. The summed E-state index contributed by atoms with van der Waals surface area (Å²) in [5.74, 6) is 0. The van der Waals surface area contributed by atoms with Gasteiger partial charge in [0.1, 0.15) is 0 Å². The SMILES string of the molecule is COCCN(CCBr)S(=O)(=O)c1cc(Br)ccc1Br. The number of benzene rings is 1. The molecule has 4 nitrogen and oxygen atoms in total. The third-order valence-electron chi connectivity index (χ3n) is 2.39. The third-order valence-corrected chi connectivity index (χ3v) is 6.13. The molecule has 0 amide bonds. The number of nitrogens with zero attached hydrogens (tertiary/aromatic N) is 1. The van der Waals surface area contributed by atoms with Crippen molar-refractivity contribution >= 4 is 57.8 Å². The Bertz CT molecular complexity index is 522. The molecular formula is C11H14Br3NO3S. The van der Waals surface area contributed by atoms with Crippen molar-refractivity contribution in [2.45, 2.75) is 4.90 Å². The lowest BCUT2D eigenvalue weighted by Crippen LogP contribution is -2.35. The summed E-state index contributed by atoms with van der Waals surface area (Å²) in [5.41, 5.74) is 0. The first-order chi connectivity index (χ1) is 8.93. The summed E-state index contributed by atoms with van der Waals surface area (Å²) in [4.78, 5) is 0.249. The molecule has 0 aromatic heterocycles. The lowest BCUT2D eigenvalue weighted by Gasteiger charge is -2.21. The Morgan fingerprint density at radius 3 is 2.53 bits per heavy atom. The Kier molecular flexibility index (Phi) is 7.49. The van der Waals surface area contributed by atoms with E-state index in [0.29, 0.717) is 29.5 Å². The smallest absolute Gasteiger partial charge is 0.244 e. The maximum atomic E-state index is 12.6. The largest absolute Gasteiger partial charge is 0.383 e. The van der Waals surface area contributed by atoms with Crippen LogP contribution in [0.5, 0.6) is 0 Å². The summed E-state index contributed by atoms with van der Waals surface area (Å²) >= 11 is 9.85. The van der Waals surface area contributed by atoms with Gasteiger partial charge in [-0.25, -0.2) is 8.42 Å². The normalized spacial score (nSPS) is 12.1. The molecule has 0 bridgehead atoms. The highest BCUT2D eigenvalue weighted by Crippen LogP contribution is 2.28. The van der Waals surface area contributed by atoms with Crippen LogP contribution in [0, 0.1) is 0 Å². The topological polar surface area (TPSA) is 46.6 Å². The monoisotopic (exact) mass is 477 g/mol. The number of halogens is 3. The maximum absolute atomic E-state index is 12.6. The van der Waals surface area contributed by atoms with Gasteiger partial charge in [-0.05, 0) is 34.1 Å². The molecule has 1 aromatic carbocycles. The minimum atomic E-state index is -3.54. The van der Waals surface area contributed by atoms with Gasteiger partial charge in [0, 0.05) is 34.5 Å². The van der Waals surface area contributed by atoms with Crippen LogP contribution < -0.4 is 0 Å². The summed E-state index contributed by atoms with van der Waals surface area (Å²) in [6.07, 6.45) is 0. The molecule has 19 heavy (non-hydrogen) atoms. The molecule has 0 aliphatic rings. The second-order valence-corrected chi connectivity index (χ2v) is 8.13. The number of hydrogen-bond donors (Lipinski definition) is 0. The average Bonchev–Trinajstić information content (AvgIpc) is 2.37. The van der Waals surface area contributed by atoms with E-state index in [1.807, 2.05) is 0 Å².